The summed E-state index contributed by atoms with van der Waals surface area (Å²) in [5.74, 6) is 0. The minimum atomic E-state index is -0.227. The van der Waals surface area contributed by atoms with Crippen LogP contribution in [0.4, 0.5) is 0 Å². The molecule has 0 spiro atoms. The Morgan fingerprint density at radius 1 is 0.778 bits per heavy atom. The topological polar surface area (TPSA) is 21.7 Å². The zero-order chi connectivity index (χ0) is 14.4. The summed E-state index contributed by atoms with van der Waals surface area (Å²) >= 11 is 0. The predicted octanol–water partition coefficient (Wildman–Crippen LogP) is 3.74. The lowest BCUT2D eigenvalue weighted by Gasteiger charge is -2.27. The van der Waals surface area contributed by atoms with E-state index in [0.717, 1.165) is 26.1 Å². The van der Waals surface area contributed by atoms with E-state index < -0.39 is 0 Å². The molecule has 0 fully saturated rings. The average Bonchev–Trinajstić information content (AvgIpc) is 2.11. The first-order valence-electron chi connectivity index (χ1n) is 6.91. The van der Waals surface area contributed by atoms with Crippen LogP contribution in [0.3, 0.4) is 0 Å². The molecule has 0 unspecified atom stereocenters. The van der Waals surface area contributed by atoms with Crippen LogP contribution in [0.1, 0.15) is 54.4 Å². The Morgan fingerprint density at radius 3 is 1.33 bits per heavy atom. The van der Waals surface area contributed by atoms with Crippen molar-refractivity contribution in [3.05, 3.63) is 0 Å². The highest BCUT2D eigenvalue weighted by molar-refractivity contribution is 4.61. The zero-order valence-corrected chi connectivity index (χ0v) is 13.7. The van der Waals surface area contributed by atoms with Crippen molar-refractivity contribution >= 4 is 0 Å². The molecule has 0 aromatic carbocycles. The molecule has 0 saturated heterocycles. The Kier molecular flexibility index (Phi) is 7.41. The number of hydrogen-bond acceptors (Lipinski definition) is 3. The van der Waals surface area contributed by atoms with E-state index in [1.165, 1.54) is 0 Å². The maximum Gasteiger partial charge on any atom is 0.218 e. The molecule has 0 bridgehead atoms. The van der Waals surface area contributed by atoms with E-state index in [2.05, 4.69) is 41.5 Å². The Balaban J connectivity index is 3.94. The first-order chi connectivity index (χ1) is 8.01. The van der Waals surface area contributed by atoms with Crippen molar-refractivity contribution in [3.63, 3.8) is 0 Å². The van der Waals surface area contributed by atoms with E-state index in [1.807, 2.05) is 19.0 Å². The zero-order valence-electron chi connectivity index (χ0n) is 13.7. The molecule has 3 nitrogen and oxygen atoms in total. The smallest absolute Gasteiger partial charge is 0.218 e. The number of ether oxygens (including phenoxy) is 2. The third-order valence-corrected chi connectivity index (χ3v) is 2.65. The number of nitrogens with zero attached hydrogens (tertiary/aromatic N) is 1. The van der Waals surface area contributed by atoms with Gasteiger partial charge in [0.2, 0.25) is 6.41 Å². The molecule has 3 heteroatoms. The van der Waals surface area contributed by atoms with Gasteiger partial charge in [-0.15, -0.1) is 0 Å². The minimum absolute atomic E-state index is 0.227. The van der Waals surface area contributed by atoms with Gasteiger partial charge in [-0.1, -0.05) is 41.5 Å². The largest absolute Gasteiger partial charge is 0.340 e. The van der Waals surface area contributed by atoms with Gasteiger partial charge >= 0.3 is 0 Å². The molecule has 0 amide bonds. The highest BCUT2D eigenvalue weighted by atomic mass is 16.7. The summed E-state index contributed by atoms with van der Waals surface area (Å²) in [6, 6.07) is 0. The van der Waals surface area contributed by atoms with Crippen LogP contribution in [0.5, 0.6) is 0 Å². The summed E-state index contributed by atoms with van der Waals surface area (Å²) < 4.78 is 11.6. The fourth-order valence-electron chi connectivity index (χ4n) is 1.28. The van der Waals surface area contributed by atoms with Crippen LogP contribution in [0.25, 0.3) is 0 Å². The Hall–Kier alpha value is -0.120. The molecular weight excluding hydrogens is 226 g/mol. The summed E-state index contributed by atoms with van der Waals surface area (Å²) in [6.45, 7) is 14.8. The highest BCUT2D eigenvalue weighted by Gasteiger charge is 2.17. The molecule has 0 aromatic heterocycles. The second kappa shape index (κ2) is 7.46. The fourth-order valence-corrected chi connectivity index (χ4v) is 1.28. The second-order valence-electron chi connectivity index (χ2n) is 7.63. The van der Waals surface area contributed by atoms with Crippen LogP contribution in [0.2, 0.25) is 0 Å². The average molecular weight is 259 g/mol. The molecule has 0 aliphatic carbocycles. The van der Waals surface area contributed by atoms with E-state index in [-0.39, 0.29) is 6.41 Å². The van der Waals surface area contributed by atoms with Crippen molar-refractivity contribution in [3.8, 4) is 0 Å². The monoisotopic (exact) mass is 259 g/mol. The maximum absolute atomic E-state index is 5.80. The molecule has 18 heavy (non-hydrogen) atoms. The molecule has 0 N–H and O–H groups in total. The van der Waals surface area contributed by atoms with Crippen LogP contribution >= 0.6 is 0 Å². The van der Waals surface area contributed by atoms with Crippen LogP contribution in [0, 0.1) is 10.8 Å². The molecule has 110 valence electrons. The molecule has 0 atom stereocenters. The Morgan fingerprint density at radius 2 is 1.11 bits per heavy atom. The van der Waals surface area contributed by atoms with Gasteiger partial charge in [0, 0.05) is 0 Å². The SMILES string of the molecule is CN(C)C(OCCC(C)(C)C)OCCC(C)(C)C. The van der Waals surface area contributed by atoms with Crippen molar-refractivity contribution in [1.82, 2.24) is 4.90 Å². The lowest BCUT2D eigenvalue weighted by molar-refractivity contribution is -0.215. The molecule has 0 aromatic rings. The van der Waals surface area contributed by atoms with Gasteiger partial charge in [0.1, 0.15) is 0 Å². The molecule has 0 rings (SSSR count). The number of rotatable bonds is 7. The number of hydrogen-bond donors (Lipinski definition) is 0. The maximum atomic E-state index is 5.80. The first kappa shape index (κ1) is 17.9. The lowest BCUT2D eigenvalue weighted by atomic mass is 9.93. The van der Waals surface area contributed by atoms with E-state index in [4.69, 9.17) is 9.47 Å². The predicted molar refractivity (Wildman–Crippen MR) is 77.5 cm³/mol. The van der Waals surface area contributed by atoms with Crippen LogP contribution in [-0.4, -0.2) is 38.6 Å². The third-order valence-electron chi connectivity index (χ3n) is 2.65. The third kappa shape index (κ3) is 11.0. The molecule has 0 saturated carbocycles. The van der Waals surface area contributed by atoms with Gasteiger partial charge in [0.25, 0.3) is 0 Å². The minimum Gasteiger partial charge on any atom is -0.340 e. The van der Waals surface area contributed by atoms with Gasteiger partial charge < -0.3 is 9.47 Å². The van der Waals surface area contributed by atoms with Gasteiger partial charge in [-0.05, 0) is 37.8 Å². The highest BCUT2D eigenvalue weighted by Crippen LogP contribution is 2.20. The van der Waals surface area contributed by atoms with E-state index in [1.54, 1.807) is 0 Å². The van der Waals surface area contributed by atoms with Gasteiger partial charge in [0.05, 0.1) is 13.2 Å². The Bertz CT molecular complexity index is 194. The molecule has 0 radical (unpaired) electrons. The fraction of sp³-hybridized carbons (Fsp3) is 1.00. The molecule has 0 aliphatic heterocycles. The van der Waals surface area contributed by atoms with E-state index >= 15 is 0 Å². The van der Waals surface area contributed by atoms with Crippen molar-refractivity contribution in [2.24, 2.45) is 10.8 Å². The quantitative estimate of drug-likeness (QED) is 0.650. The van der Waals surface area contributed by atoms with Crippen molar-refractivity contribution in [2.75, 3.05) is 27.3 Å². The van der Waals surface area contributed by atoms with Gasteiger partial charge in [-0.3, -0.25) is 4.90 Å². The summed E-state index contributed by atoms with van der Waals surface area (Å²) in [6.07, 6.45) is 1.86. The molecule has 0 heterocycles. The van der Waals surface area contributed by atoms with Crippen LogP contribution in [-0.2, 0) is 9.47 Å². The first-order valence-corrected chi connectivity index (χ1v) is 6.91. The Labute approximate surface area is 114 Å². The van der Waals surface area contributed by atoms with E-state index in [9.17, 15) is 0 Å². The second-order valence-corrected chi connectivity index (χ2v) is 7.63. The van der Waals surface area contributed by atoms with Crippen LogP contribution < -0.4 is 0 Å². The van der Waals surface area contributed by atoms with Gasteiger partial charge in [0.15, 0.2) is 0 Å². The molecule has 0 aliphatic rings. The van der Waals surface area contributed by atoms with Crippen molar-refractivity contribution < 1.29 is 9.47 Å². The standard InChI is InChI=1S/C15H33NO2/c1-14(2,3)9-11-17-13(16(7)8)18-12-10-15(4,5)6/h13H,9-12H2,1-8H3. The molecular formula is C15H33NO2. The van der Waals surface area contributed by atoms with Crippen molar-refractivity contribution in [1.29, 1.82) is 0 Å². The normalized spacial score (nSPS) is 13.7. The van der Waals surface area contributed by atoms with Gasteiger partial charge in [-0.2, -0.15) is 0 Å². The van der Waals surface area contributed by atoms with Crippen LogP contribution in [0.15, 0.2) is 0 Å². The van der Waals surface area contributed by atoms with E-state index in [0.29, 0.717) is 10.8 Å². The lowest BCUT2D eigenvalue weighted by Crippen LogP contribution is -2.35. The summed E-state index contributed by atoms with van der Waals surface area (Å²) in [7, 11) is 3.97. The van der Waals surface area contributed by atoms with Gasteiger partial charge in [-0.25, -0.2) is 0 Å². The summed E-state index contributed by atoms with van der Waals surface area (Å²) in [4.78, 5) is 1.98. The summed E-state index contributed by atoms with van der Waals surface area (Å²) in [5, 5.41) is 0. The van der Waals surface area contributed by atoms with Crippen molar-refractivity contribution in [2.45, 2.75) is 60.8 Å². The summed E-state index contributed by atoms with van der Waals surface area (Å²) in [5.41, 5.74) is 0.616.